The van der Waals surface area contributed by atoms with Gasteiger partial charge in [0.2, 0.25) is 5.91 Å². The second kappa shape index (κ2) is 6.71. The lowest BCUT2D eigenvalue weighted by molar-refractivity contribution is -0.134. The predicted octanol–water partition coefficient (Wildman–Crippen LogP) is 1.73. The first-order chi connectivity index (χ1) is 8.81. The molecule has 1 unspecified atom stereocenters. The lowest BCUT2D eigenvalue weighted by atomic mass is 9.97. The van der Waals surface area contributed by atoms with Crippen LogP contribution in [0.25, 0.3) is 0 Å². The van der Waals surface area contributed by atoms with Crippen LogP contribution >= 0.6 is 0 Å². The summed E-state index contributed by atoms with van der Waals surface area (Å²) in [5.74, 6) is 0.399. The van der Waals surface area contributed by atoms with Crippen LogP contribution in [0, 0.1) is 5.92 Å². The van der Waals surface area contributed by atoms with E-state index in [1.165, 1.54) is 0 Å². The van der Waals surface area contributed by atoms with Crippen LogP contribution in [-0.4, -0.2) is 43.4 Å². The van der Waals surface area contributed by atoms with Gasteiger partial charge in [-0.2, -0.15) is 0 Å². The molecule has 0 saturated carbocycles. The molecule has 1 atom stereocenters. The first-order valence-corrected chi connectivity index (χ1v) is 6.62. The van der Waals surface area contributed by atoms with E-state index in [0.29, 0.717) is 19.1 Å². The Labute approximate surface area is 108 Å². The molecule has 18 heavy (non-hydrogen) atoms. The molecular formula is C14H21NO3. The summed E-state index contributed by atoms with van der Waals surface area (Å²) in [4.78, 5) is 13.8. The highest BCUT2D eigenvalue weighted by Crippen LogP contribution is 2.24. The van der Waals surface area contributed by atoms with Gasteiger partial charge in [-0.1, -0.05) is 18.2 Å². The quantitative estimate of drug-likeness (QED) is 0.566. The van der Waals surface area contributed by atoms with Crippen molar-refractivity contribution in [2.45, 2.75) is 26.1 Å². The molecule has 0 aromatic heterocycles. The molecule has 2 rings (SSSR count). The van der Waals surface area contributed by atoms with E-state index in [2.05, 4.69) is 0 Å². The van der Waals surface area contributed by atoms with Crippen molar-refractivity contribution in [3.05, 3.63) is 24.3 Å². The minimum atomic E-state index is -0.111. The third-order valence-electron chi connectivity index (χ3n) is 3.34. The molecule has 2 saturated heterocycles. The van der Waals surface area contributed by atoms with E-state index < -0.39 is 0 Å². The lowest BCUT2D eigenvalue weighted by Gasteiger charge is -2.34. The highest BCUT2D eigenvalue weighted by molar-refractivity contribution is 5.87. The minimum absolute atomic E-state index is 0.0794. The van der Waals surface area contributed by atoms with E-state index in [0.717, 1.165) is 25.9 Å². The minimum Gasteiger partial charge on any atom is -0.350 e. The van der Waals surface area contributed by atoms with Gasteiger partial charge in [0, 0.05) is 25.1 Å². The summed E-state index contributed by atoms with van der Waals surface area (Å²) in [5, 5.41) is 0. The van der Waals surface area contributed by atoms with Crippen molar-refractivity contribution >= 4 is 5.91 Å². The molecule has 0 bridgehead atoms. The third-order valence-corrected chi connectivity index (χ3v) is 3.34. The molecule has 2 heterocycles. The second-order valence-electron chi connectivity index (χ2n) is 4.68. The maximum absolute atomic E-state index is 12.0. The lowest BCUT2D eigenvalue weighted by Crippen LogP contribution is -2.43. The first-order valence-electron chi connectivity index (χ1n) is 6.62. The summed E-state index contributed by atoms with van der Waals surface area (Å²) < 4.78 is 11.1. The van der Waals surface area contributed by atoms with Crippen molar-refractivity contribution in [1.29, 1.82) is 0 Å². The van der Waals surface area contributed by atoms with Gasteiger partial charge in [-0.25, -0.2) is 0 Å². The standard InChI is InChI=1S/C14H21NO3/c1-2-3-4-7-13(16)15-8-5-6-12(11-15)14-17-9-10-18-14/h2-4,7,12,14H,5-6,8-11H2,1H3/b3-2+,7-4+. The Hall–Kier alpha value is -1.13. The number of amides is 1. The number of hydrogen-bond donors (Lipinski definition) is 0. The fraction of sp³-hybridized carbons (Fsp3) is 0.643. The van der Waals surface area contributed by atoms with Crippen molar-refractivity contribution in [1.82, 2.24) is 4.90 Å². The predicted molar refractivity (Wildman–Crippen MR) is 69.0 cm³/mol. The molecule has 0 aromatic carbocycles. The molecule has 2 aliphatic rings. The van der Waals surface area contributed by atoms with Gasteiger partial charge in [0.15, 0.2) is 6.29 Å². The molecule has 1 amide bonds. The zero-order valence-electron chi connectivity index (χ0n) is 10.9. The number of carbonyl (C=O) groups is 1. The van der Waals surface area contributed by atoms with Crippen LogP contribution in [0.1, 0.15) is 19.8 Å². The molecule has 4 heteroatoms. The Morgan fingerprint density at radius 3 is 2.78 bits per heavy atom. The van der Waals surface area contributed by atoms with Crippen LogP contribution < -0.4 is 0 Å². The highest BCUT2D eigenvalue weighted by Gasteiger charge is 2.32. The number of hydrogen-bond acceptors (Lipinski definition) is 3. The second-order valence-corrected chi connectivity index (χ2v) is 4.68. The first kappa shape index (κ1) is 13.3. The molecule has 0 aromatic rings. The summed E-state index contributed by atoms with van der Waals surface area (Å²) in [7, 11) is 0. The molecule has 2 aliphatic heterocycles. The maximum Gasteiger partial charge on any atom is 0.246 e. The average molecular weight is 251 g/mol. The molecule has 4 nitrogen and oxygen atoms in total. The van der Waals surface area contributed by atoms with Gasteiger partial charge in [0.25, 0.3) is 0 Å². The third kappa shape index (κ3) is 3.43. The smallest absolute Gasteiger partial charge is 0.246 e. The number of rotatable bonds is 3. The molecule has 2 fully saturated rings. The van der Waals surface area contributed by atoms with Crippen LogP contribution in [0.3, 0.4) is 0 Å². The highest BCUT2D eigenvalue weighted by atomic mass is 16.7. The van der Waals surface area contributed by atoms with Crippen molar-refractivity contribution in [3.63, 3.8) is 0 Å². The van der Waals surface area contributed by atoms with E-state index in [-0.39, 0.29) is 12.2 Å². The molecular weight excluding hydrogens is 230 g/mol. The van der Waals surface area contributed by atoms with Crippen LogP contribution in [0.4, 0.5) is 0 Å². The number of carbonyl (C=O) groups excluding carboxylic acids is 1. The Morgan fingerprint density at radius 2 is 2.06 bits per heavy atom. The number of ether oxygens (including phenoxy) is 2. The van der Waals surface area contributed by atoms with Crippen molar-refractivity contribution < 1.29 is 14.3 Å². The van der Waals surface area contributed by atoms with E-state index in [1.54, 1.807) is 12.2 Å². The normalized spacial score (nSPS) is 26.5. The van der Waals surface area contributed by atoms with E-state index >= 15 is 0 Å². The summed E-state index contributed by atoms with van der Waals surface area (Å²) in [6.45, 7) is 4.86. The number of piperidine rings is 1. The van der Waals surface area contributed by atoms with Crippen molar-refractivity contribution in [2.75, 3.05) is 26.3 Å². The summed E-state index contributed by atoms with van der Waals surface area (Å²) in [6, 6.07) is 0. The molecule has 0 spiro atoms. The van der Waals surface area contributed by atoms with Gasteiger partial charge < -0.3 is 14.4 Å². The van der Waals surface area contributed by atoms with Gasteiger partial charge in [-0.15, -0.1) is 0 Å². The van der Waals surface area contributed by atoms with Crippen molar-refractivity contribution in [2.24, 2.45) is 5.92 Å². The maximum atomic E-state index is 12.0. The van der Waals surface area contributed by atoms with Gasteiger partial charge in [0.05, 0.1) is 13.2 Å². The molecule has 0 radical (unpaired) electrons. The number of allylic oxidation sites excluding steroid dienone is 3. The Kier molecular flexibility index (Phi) is 4.96. The summed E-state index contributed by atoms with van der Waals surface area (Å²) in [6.07, 6.45) is 9.17. The van der Waals surface area contributed by atoms with Gasteiger partial charge >= 0.3 is 0 Å². The molecule has 0 N–H and O–H groups in total. The Morgan fingerprint density at radius 1 is 1.28 bits per heavy atom. The fourth-order valence-corrected chi connectivity index (χ4v) is 2.44. The summed E-state index contributed by atoms with van der Waals surface area (Å²) >= 11 is 0. The number of likely N-dealkylation sites (tertiary alicyclic amines) is 1. The molecule has 100 valence electrons. The summed E-state index contributed by atoms with van der Waals surface area (Å²) in [5.41, 5.74) is 0. The average Bonchev–Trinajstić information content (AvgIpc) is 2.93. The van der Waals surface area contributed by atoms with Gasteiger partial charge in [0.1, 0.15) is 0 Å². The van der Waals surface area contributed by atoms with Crippen LogP contribution in [0.15, 0.2) is 24.3 Å². The largest absolute Gasteiger partial charge is 0.350 e. The van der Waals surface area contributed by atoms with Crippen LogP contribution in [-0.2, 0) is 14.3 Å². The van der Waals surface area contributed by atoms with Crippen molar-refractivity contribution in [3.8, 4) is 0 Å². The SMILES string of the molecule is C/C=C/C=C/C(=O)N1CCCC(C2OCCO2)C1. The topological polar surface area (TPSA) is 38.8 Å². The molecule has 0 aliphatic carbocycles. The van der Waals surface area contributed by atoms with E-state index in [4.69, 9.17) is 9.47 Å². The zero-order chi connectivity index (χ0) is 12.8. The Balaban J connectivity index is 1.87. The van der Waals surface area contributed by atoms with Crippen LogP contribution in [0.5, 0.6) is 0 Å². The van der Waals surface area contributed by atoms with Gasteiger partial charge in [-0.05, 0) is 19.8 Å². The van der Waals surface area contributed by atoms with Crippen LogP contribution in [0.2, 0.25) is 0 Å². The van der Waals surface area contributed by atoms with Gasteiger partial charge in [-0.3, -0.25) is 4.79 Å². The zero-order valence-corrected chi connectivity index (χ0v) is 10.9. The fourth-order valence-electron chi connectivity index (χ4n) is 2.44. The Bertz CT molecular complexity index is 332. The number of nitrogens with zero attached hydrogens (tertiary/aromatic N) is 1. The van der Waals surface area contributed by atoms with E-state index in [9.17, 15) is 4.79 Å². The monoisotopic (exact) mass is 251 g/mol. The van der Waals surface area contributed by atoms with E-state index in [1.807, 2.05) is 24.0 Å².